The first-order valence-electron chi connectivity index (χ1n) is 8.48. The Kier molecular flexibility index (Phi) is 8.08. The molecule has 0 aromatic heterocycles. The molecule has 0 aliphatic carbocycles. The molecule has 1 N–H and O–H groups in total. The van der Waals surface area contributed by atoms with Gasteiger partial charge in [-0.15, -0.1) is 0 Å². The summed E-state index contributed by atoms with van der Waals surface area (Å²) in [6.07, 6.45) is 2.51. The van der Waals surface area contributed by atoms with Gasteiger partial charge in [0.25, 0.3) is 0 Å². The second-order valence-corrected chi connectivity index (χ2v) is 7.40. The van der Waals surface area contributed by atoms with Gasteiger partial charge < -0.3 is 15.0 Å². The van der Waals surface area contributed by atoms with Crippen molar-refractivity contribution in [2.45, 2.75) is 47.5 Å². The fraction of sp³-hybridized carbons (Fsp3) is 1.00. The molecule has 1 aliphatic heterocycles. The van der Waals surface area contributed by atoms with Crippen LogP contribution < -0.4 is 5.32 Å². The predicted molar refractivity (Wildman–Crippen MR) is 87.1 cm³/mol. The monoisotopic (exact) mass is 284 g/mol. The fourth-order valence-electron chi connectivity index (χ4n) is 3.15. The molecule has 1 rings (SSSR count). The molecule has 1 fully saturated rings. The summed E-state index contributed by atoms with van der Waals surface area (Å²) >= 11 is 0. The maximum Gasteiger partial charge on any atom is 0.0546 e. The molecular formula is C17H36N2O. The van der Waals surface area contributed by atoms with E-state index in [0.29, 0.717) is 5.41 Å². The highest BCUT2D eigenvalue weighted by molar-refractivity contribution is 4.87. The summed E-state index contributed by atoms with van der Waals surface area (Å²) in [5.74, 6) is 1.45. The summed E-state index contributed by atoms with van der Waals surface area (Å²) in [6, 6.07) is 0. The molecule has 1 heterocycles. The molecule has 0 saturated carbocycles. The zero-order valence-electron chi connectivity index (χ0n) is 14.4. The van der Waals surface area contributed by atoms with Crippen molar-refractivity contribution in [2.24, 2.45) is 17.3 Å². The second-order valence-electron chi connectivity index (χ2n) is 7.40. The van der Waals surface area contributed by atoms with E-state index < -0.39 is 0 Å². The van der Waals surface area contributed by atoms with E-state index in [0.717, 1.165) is 44.7 Å². The number of hydrogen-bond acceptors (Lipinski definition) is 3. The third kappa shape index (κ3) is 6.55. The summed E-state index contributed by atoms with van der Waals surface area (Å²) in [5.41, 5.74) is 0.318. The first-order valence-corrected chi connectivity index (χ1v) is 8.48. The standard InChI is InChI=1S/C17H36N2O/c1-6-19(11-16(4)5)13-17(8-7-9-20-14-17)12-18-10-15(2)3/h15-16,18H,6-14H2,1-5H3. The average molecular weight is 284 g/mol. The SMILES string of the molecule is CCN(CC(C)C)CC1(CNCC(C)C)CCCOC1. The molecule has 1 unspecified atom stereocenters. The smallest absolute Gasteiger partial charge is 0.0546 e. The van der Waals surface area contributed by atoms with Crippen LogP contribution >= 0.6 is 0 Å². The van der Waals surface area contributed by atoms with Gasteiger partial charge in [-0.1, -0.05) is 34.6 Å². The molecule has 0 radical (unpaired) electrons. The molecule has 3 heteroatoms. The van der Waals surface area contributed by atoms with Crippen molar-refractivity contribution in [3.63, 3.8) is 0 Å². The van der Waals surface area contributed by atoms with Gasteiger partial charge in [-0.3, -0.25) is 0 Å². The lowest BCUT2D eigenvalue weighted by atomic mass is 9.81. The topological polar surface area (TPSA) is 24.5 Å². The molecule has 0 aromatic carbocycles. The van der Waals surface area contributed by atoms with Gasteiger partial charge in [0.15, 0.2) is 0 Å². The van der Waals surface area contributed by atoms with Crippen LogP contribution in [0.5, 0.6) is 0 Å². The van der Waals surface area contributed by atoms with E-state index in [1.165, 1.54) is 25.9 Å². The van der Waals surface area contributed by atoms with Crippen LogP contribution in [-0.2, 0) is 4.74 Å². The fourth-order valence-corrected chi connectivity index (χ4v) is 3.15. The highest BCUT2D eigenvalue weighted by atomic mass is 16.5. The van der Waals surface area contributed by atoms with Crippen molar-refractivity contribution in [3.05, 3.63) is 0 Å². The van der Waals surface area contributed by atoms with Gasteiger partial charge in [-0.25, -0.2) is 0 Å². The Morgan fingerprint density at radius 2 is 1.95 bits per heavy atom. The summed E-state index contributed by atoms with van der Waals surface area (Å²) in [5, 5.41) is 3.67. The third-order valence-corrected chi connectivity index (χ3v) is 4.09. The Balaban J connectivity index is 2.56. The summed E-state index contributed by atoms with van der Waals surface area (Å²) in [4.78, 5) is 2.61. The van der Waals surface area contributed by atoms with Crippen LogP contribution in [0.15, 0.2) is 0 Å². The average Bonchev–Trinajstić information content (AvgIpc) is 2.38. The minimum Gasteiger partial charge on any atom is -0.381 e. The minimum absolute atomic E-state index is 0.318. The van der Waals surface area contributed by atoms with E-state index in [2.05, 4.69) is 44.8 Å². The van der Waals surface area contributed by atoms with E-state index in [1.54, 1.807) is 0 Å². The van der Waals surface area contributed by atoms with Gasteiger partial charge in [-0.2, -0.15) is 0 Å². The molecule has 0 spiro atoms. The third-order valence-electron chi connectivity index (χ3n) is 4.09. The Bertz CT molecular complexity index is 247. The van der Waals surface area contributed by atoms with Gasteiger partial charge >= 0.3 is 0 Å². The van der Waals surface area contributed by atoms with Crippen molar-refractivity contribution in [1.82, 2.24) is 10.2 Å². The molecule has 3 nitrogen and oxygen atoms in total. The Morgan fingerprint density at radius 3 is 2.45 bits per heavy atom. The van der Waals surface area contributed by atoms with Gasteiger partial charge in [0, 0.05) is 31.7 Å². The molecule has 1 atom stereocenters. The van der Waals surface area contributed by atoms with Crippen LogP contribution in [0.1, 0.15) is 47.5 Å². The first-order chi connectivity index (χ1) is 9.47. The normalized spacial score (nSPS) is 24.0. The molecular weight excluding hydrogens is 248 g/mol. The number of ether oxygens (including phenoxy) is 1. The summed E-state index contributed by atoms with van der Waals surface area (Å²) in [7, 11) is 0. The second kappa shape index (κ2) is 9.01. The van der Waals surface area contributed by atoms with E-state index in [9.17, 15) is 0 Å². The maximum absolute atomic E-state index is 5.83. The van der Waals surface area contributed by atoms with Crippen LogP contribution in [0.25, 0.3) is 0 Å². The predicted octanol–water partition coefficient (Wildman–Crippen LogP) is 3.01. The van der Waals surface area contributed by atoms with Crippen molar-refractivity contribution >= 4 is 0 Å². The summed E-state index contributed by atoms with van der Waals surface area (Å²) in [6.45, 7) is 19.0. The van der Waals surface area contributed by atoms with Gasteiger partial charge in [0.1, 0.15) is 0 Å². The van der Waals surface area contributed by atoms with Crippen LogP contribution in [0.4, 0.5) is 0 Å². The lowest BCUT2D eigenvalue weighted by molar-refractivity contribution is -0.0271. The Hall–Kier alpha value is -0.120. The van der Waals surface area contributed by atoms with Crippen molar-refractivity contribution in [1.29, 1.82) is 0 Å². The van der Waals surface area contributed by atoms with Gasteiger partial charge in [0.2, 0.25) is 0 Å². The molecule has 120 valence electrons. The molecule has 0 amide bonds. The number of nitrogens with one attached hydrogen (secondary N) is 1. The lowest BCUT2D eigenvalue weighted by Crippen LogP contribution is -2.50. The minimum atomic E-state index is 0.318. The number of nitrogens with zero attached hydrogens (tertiary/aromatic N) is 1. The van der Waals surface area contributed by atoms with E-state index in [1.807, 2.05) is 0 Å². The molecule has 0 bridgehead atoms. The van der Waals surface area contributed by atoms with Crippen molar-refractivity contribution < 1.29 is 4.74 Å². The van der Waals surface area contributed by atoms with Crippen molar-refractivity contribution in [3.8, 4) is 0 Å². The van der Waals surface area contributed by atoms with Crippen LogP contribution in [0.2, 0.25) is 0 Å². The number of hydrogen-bond donors (Lipinski definition) is 1. The Morgan fingerprint density at radius 1 is 1.20 bits per heavy atom. The van der Waals surface area contributed by atoms with Gasteiger partial charge in [-0.05, 0) is 37.8 Å². The zero-order chi connectivity index (χ0) is 15.0. The molecule has 1 aliphatic rings. The maximum atomic E-state index is 5.83. The quantitative estimate of drug-likeness (QED) is 0.704. The Labute approximate surface area is 126 Å². The number of rotatable bonds is 9. The lowest BCUT2D eigenvalue weighted by Gasteiger charge is -2.41. The van der Waals surface area contributed by atoms with Crippen LogP contribution in [0, 0.1) is 17.3 Å². The highest BCUT2D eigenvalue weighted by Crippen LogP contribution is 2.29. The zero-order valence-corrected chi connectivity index (χ0v) is 14.4. The van der Waals surface area contributed by atoms with Crippen molar-refractivity contribution in [2.75, 3.05) is 45.9 Å². The van der Waals surface area contributed by atoms with E-state index in [-0.39, 0.29) is 0 Å². The molecule has 20 heavy (non-hydrogen) atoms. The molecule has 0 aromatic rings. The molecule has 1 saturated heterocycles. The van der Waals surface area contributed by atoms with Crippen LogP contribution in [0.3, 0.4) is 0 Å². The van der Waals surface area contributed by atoms with Crippen LogP contribution in [-0.4, -0.2) is 50.8 Å². The van der Waals surface area contributed by atoms with E-state index >= 15 is 0 Å². The largest absolute Gasteiger partial charge is 0.381 e. The van der Waals surface area contributed by atoms with Gasteiger partial charge in [0.05, 0.1) is 6.61 Å². The first kappa shape index (κ1) is 17.9. The summed E-state index contributed by atoms with van der Waals surface area (Å²) < 4.78 is 5.83. The van der Waals surface area contributed by atoms with E-state index in [4.69, 9.17) is 4.74 Å². The highest BCUT2D eigenvalue weighted by Gasteiger charge is 2.34.